The zero-order chi connectivity index (χ0) is 27.3. The van der Waals surface area contributed by atoms with E-state index in [9.17, 15) is 5.26 Å². The number of hydrogen-bond donors (Lipinski definition) is 0. The Morgan fingerprint density at radius 3 is 2.15 bits per heavy atom. The predicted octanol–water partition coefficient (Wildman–Crippen LogP) is 10.6. The third-order valence-corrected chi connectivity index (χ3v) is 9.01. The predicted molar refractivity (Wildman–Crippen MR) is 173 cm³/mol. The topological polar surface area (TPSA) is 36.7 Å². The second-order valence-corrected chi connectivity index (χ2v) is 11.4. The Hall–Kier alpha value is -5.30. The molecular weight excluding hydrogens is 516 g/mol. The van der Waals surface area contributed by atoms with Crippen molar-refractivity contribution in [2.24, 2.45) is 0 Å². The molecule has 0 amide bonds. The van der Waals surface area contributed by atoms with Crippen molar-refractivity contribution in [2.45, 2.75) is 0 Å². The number of fused-ring (bicyclic) bond motifs is 6. The molecule has 0 unspecified atom stereocenters. The zero-order valence-electron chi connectivity index (χ0n) is 22.0. The van der Waals surface area contributed by atoms with E-state index < -0.39 is 0 Å². The van der Waals surface area contributed by atoms with Crippen LogP contribution in [-0.4, -0.2) is 4.98 Å². The number of nitriles is 1. The standard InChI is InChI=1S/C38H22N2S/c39-23-24-6-4-9-30(20-24)31-10-5-11-36-37(31)33-22-29(17-19-35(33)41-36)28-15-13-25-12-14-27-16-18-34(26-7-2-1-3-8-26)40-38(27)32(25)21-28/h1-22H. The molecule has 0 N–H and O–H groups in total. The smallest absolute Gasteiger partial charge is 0.0991 e. The van der Waals surface area contributed by atoms with Gasteiger partial charge >= 0.3 is 0 Å². The van der Waals surface area contributed by atoms with E-state index in [1.165, 1.54) is 36.7 Å². The highest BCUT2D eigenvalue weighted by atomic mass is 32.1. The van der Waals surface area contributed by atoms with Crippen LogP contribution < -0.4 is 0 Å². The van der Waals surface area contributed by atoms with E-state index in [1.54, 1.807) is 0 Å². The number of rotatable bonds is 3. The molecule has 0 aliphatic rings. The Kier molecular flexibility index (Phi) is 5.41. The zero-order valence-corrected chi connectivity index (χ0v) is 22.8. The van der Waals surface area contributed by atoms with Gasteiger partial charge in [-0.05, 0) is 70.1 Å². The van der Waals surface area contributed by atoms with Crippen LogP contribution in [0.3, 0.4) is 0 Å². The first kappa shape index (κ1) is 23.6. The van der Waals surface area contributed by atoms with Gasteiger partial charge in [0.2, 0.25) is 0 Å². The molecule has 2 nitrogen and oxygen atoms in total. The molecule has 0 fully saturated rings. The first-order valence-electron chi connectivity index (χ1n) is 13.6. The van der Waals surface area contributed by atoms with Gasteiger partial charge in [-0.3, -0.25) is 0 Å². The molecule has 0 aliphatic carbocycles. The molecule has 8 aromatic rings. The second-order valence-electron chi connectivity index (χ2n) is 10.3. The van der Waals surface area contributed by atoms with Crippen molar-refractivity contribution in [1.82, 2.24) is 4.98 Å². The molecular formula is C38H22N2S. The highest BCUT2D eigenvalue weighted by Gasteiger charge is 2.13. The SMILES string of the molecule is N#Cc1cccc(-c2cccc3sc4ccc(-c5ccc6ccc7ccc(-c8ccccc8)nc7c6c5)cc4c23)c1. The van der Waals surface area contributed by atoms with Crippen LogP contribution in [0.25, 0.3) is 75.4 Å². The summed E-state index contributed by atoms with van der Waals surface area (Å²) < 4.78 is 2.51. The van der Waals surface area contributed by atoms with E-state index in [-0.39, 0.29) is 0 Å². The molecule has 0 spiro atoms. The van der Waals surface area contributed by atoms with Gasteiger partial charge in [-0.25, -0.2) is 4.98 Å². The van der Waals surface area contributed by atoms with Gasteiger partial charge < -0.3 is 0 Å². The average Bonchev–Trinajstić information content (AvgIpc) is 3.43. The molecule has 0 bridgehead atoms. The maximum absolute atomic E-state index is 9.48. The average molecular weight is 539 g/mol. The Bertz CT molecular complexity index is 2320. The van der Waals surface area contributed by atoms with Crippen molar-refractivity contribution in [1.29, 1.82) is 5.26 Å². The molecule has 41 heavy (non-hydrogen) atoms. The van der Waals surface area contributed by atoms with Crippen LogP contribution in [0.4, 0.5) is 0 Å². The molecule has 190 valence electrons. The highest BCUT2D eigenvalue weighted by molar-refractivity contribution is 7.26. The van der Waals surface area contributed by atoms with Crippen molar-refractivity contribution in [2.75, 3.05) is 0 Å². The lowest BCUT2D eigenvalue weighted by atomic mass is 9.95. The fourth-order valence-electron chi connectivity index (χ4n) is 5.86. The maximum Gasteiger partial charge on any atom is 0.0991 e. The Morgan fingerprint density at radius 1 is 0.537 bits per heavy atom. The number of hydrogen-bond acceptors (Lipinski definition) is 3. The van der Waals surface area contributed by atoms with Crippen molar-refractivity contribution in [3.8, 4) is 39.6 Å². The summed E-state index contributed by atoms with van der Waals surface area (Å²) in [6, 6.07) is 49.1. The van der Waals surface area contributed by atoms with Crippen molar-refractivity contribution >= 4 is 53.2 Å². The van der Waals surface area contributed by atoms with Crippen LogP contribution in [0.5, 0.6) is 0 Å². The summed E-state index contributed by atoms with van der Waals surface area (Å²) in [6.07, 6.45) is 0. The molecule has 0 aliphatic heterocycles. The molecule has 8 rings (SSSR count). The summed E-state index contributed by atoms with van der Waals surface area (Å²) in [7, 11) is 0. The minimum absolute atomic E-state index is 0.673. The van der Waals surface area contributed by atoms with Gasteiger partial charge in [0.25, 0.3) is 0 Å². The second kappa shape index (κ2) is 9.41. The van der Waals surface area contributed by atoms with Crippen molar-refractivity contribution in [3.63, 3.8) is 0 Å². The number of aromatic nitrogens is 1. The van der Waals surface area contributed by atoms with Crippen LogP contribution in [0, 0.1) is 11.3 Å². The lowest BCUT2D eigenvalue weighted by Gasteiger charge is -2.10. The molecule has 0 saturated carbocycles. The quantitative estimate of drug-likeness (QED) is 0.210. The van der Waals surface area contributed by atoms with Gasteiger partial charge in [-0.15, -0.1) is 11.3 Å². The van der Waals surface area contributed by atoms with Crippen LogP contribution in [0.15, 0.2) is 133 Å². The first-order chi connectivity index (χ1) is 20.2. The van der Waals surface area contributed by atoms with Gasteiger partial charge in [-0.1, -0.05) is 91.0 Å². The Labute approximate surface area is 241 Å². The van der Waals surface area contributed by atoms with Crippen LogP contribution in [0.1, 0.15) is 5.56 Å². The Balaban J connectivity index is 1.32. The van der Waals surface area contributed by atoms with Gasteiger partial charge in [0.15, 0.2) is 0 Å². The van der Waals surface area contributed by atoms with E-state index in [2.05, 4.69) is 115 Å². The maximum atomic E-state index is 9.48. The normalized spacial score (nSPS) is 11.4. The highest BCUT2D eigenvalue weighted by Crippen LogP contribution is 2.42. The van der Waals surface area contributed by atoms with Crippen LogP contribution in [-0.2, 0) is 0 Å². The summed E-state index contributed by atoms with van der Waals surface area (Å²) >= 11 is 1.81. The fraction of sp³-hybridized carbons (Fsp3) is 0. The summed E-state index contributed by atoms with van der Waals surface area (Å²) in [5.41, 5.74) is 8.36. The first-order valence-corrected chi connectivity index (χ1v) is 14.4. The largest absolute Gasteiger partial charge is 0.247 e. The summed E-state index contributed by atoms with van der Waals surface area (Å²) in [4.78, 5) is 5.13. The number of benzene rings is 6. The van der Waals surface area contributed by atoms with Gasteiger partial charge in [-0.2, -0.15) is 5.26 Å². The monoisotopic (exact) mass is 538 g/mol. The number of pyridine rings is 1. The van der Waals surface area contributed by atoms with E-state index in [0.717, 1.165) is 38.7 Å². The molecule has 3 heteroatoms. The third-order valence-electron chi connectivity index (χ3n) is 7.88. The molecule has 6 aromatic carbocycles. The van der Waals surface area contributed by atoms with E-state index in [1.807, 2.05) is 35.6 Å². The van der Waals surface area contributed by atoms with Crippen LogP contribution >= 0.6 is 11.3 Å². The molecule has 2 heterocycles. The summed E-state index contributed by atoms with van der Waals surface area (Å²) in [5.74, 6) is 0. The lowest BCUT2D eigenvalue weighted by Crippen LogP contribution is -1.88. The Morgan fingerprint density at radius 2 is 1.27 bits per heavy atom. The third kappa shape index (κ3) is 3.97. The van der Waals surface area contributed by atoms with Crippen molar-refractivity contribution < 1.29 is 0 Å². The van der Waals surface area contributed by atoms with E-state index in [0.29, 0.717) is 5.56 Å². The van der Waals surface area contributed by atoms with Gasteiger partial charge in [0, 0.05) is 36.5 Å². The molecule has 0 radical (unpaired) electrons. The van der Waals surface area contributed by atoms with E-state index in [4.69, 9.17) is 4.98 Å². The van der Waals surface area contributed by atoms with Gasteiger partial charge in [0.05, 0.1) is 22.8 Å². The number of nitrogens with zero attached hydrogens (tertiary/aromatic N) is 2. The fourth-order valence-corrected chi connectivity index (χ4v) is 6.97. The van der Waals surface area contributed by atoms with Crippen LogP contribution in [0.2, 0.25) is 0 Å². The number of thiophene rings is 1. The lowest BCUT2D eigenvalue weighted by molar-refractivity contribution is 1.41. The summed E-state index contributed by atoms with van der Waals surface area (Å²) in [5, 5.41) is 15.4. The minimum Gasteiger partial charge on any atom is -0.247 e. The summed E-state index contributed by atoms with van der Waals surface area (Å²) in [6.45, 7) is 0. The minimum atomic E-state index is 0.673. The molecule has 2 aromatic heterocycles. The molecule has 0 saturated heterocycles. The molecule has 0 atom stereocenters. The van der Waals surface area contributed by atoms with Crippen molar-refractivity contribution in [3.05, 3.63) is 139 Å². The van der Waals surface area contributed by atoms with E-state index >= 15 is 0 Å². The van der Waals surface area contributed by atoms with Gasteiger partial charge in [0.1, 0.15) is 0 Å².